The molecule has 0 spiro atoms. The predicted molar refractivity (Wildman–Crippen MR) is 65.3 cm³/mol. The summed E-state index contributed by atoms with van der Waals surface area (Å²) < 4.78 is 5.58. The van der Waals surface area contributed by atoms with Gasteiger partial charge >= 0.3 is 5.37 Å². The van der Waals surface area contributed by atoms with Gasteiger partial charge in [0.25, 0.3) is 0 Å². The largest absolute Gasteiger partial charge is 0.493 e. The molecule has 0 aliphatic carbocycles. The third-order valence-electron chi connectivity index (χ3n) is 2.17. The summed E-state index contributed by atoms with van der Waals surface area (Å²) in [6, 6.07) is 6.06. The molecule has 0 saturated heterocycles. The maximum Gasteiger partial charge on any atom is 0.313 e. The van der Waals surface area contributed by atoms with Crippen LogP contribution in [0.2, 0.25) is 0 Å². The summed E-state index contributed by atoms with van der Waals surface area (Å²) in [5, 5.41) is 1.98. The van der Waals surface area contributed by atoms with E-state index in [4.69, 9.17) is 16.3 Å². The summed E-state index contributed by atoms with van der Waals surface area (Å²) in [7, 11) is 0. The quantitative estimate of drug-likeness (QED) is 0.489. The molecule has 1 amide bonds. The molecule has 1 N–H and O–H groups in total. The molecule has 16 heavy (non-hydrogen) atoms. The molecule has 1 rings (SSSR count). The van der Waals surface area contributed by atoms with Gasteiger partial charge in [0.2, 0.25) is 0 Å². The number of carbonyl (C=O) groups is 1. The molecule has 0 aliphatic rings. The zero-order chi connectivity index (χ0) is 12.0. The standard InChI is InChI=1S/C12H16ClNO2/c1-9-4-5-11(10(2)8-9)16-7-3-6-14-12(13)15/h4-5,8H,3,6-7H2,1-2H3,(H,14,15). The lowest BCUT2D eigenvalue weighted by molar-refractivity contribution is 0.257. The van der Waals surface area contributed by atoms with Crippen LogP contribution < -0.4 is 10.1 Å². The van der Waals surface area contributed by atoms with Crippen LogP contribution in [0.25, 0.3) is 0 Å². The Morgan fingerprint density at radius 2 is 2.19 bits per heavy atom. The molecule has 0 bridgehead atoms. The molecule has 0 fully saturated rings. The van der Waals surface area contributed by atoms with Crippen LogP contribution in [0.1, 0.15) is 17.5 Å². The highest BCUT2D eigenvalue weighted by Gasteiger charge is 1.99. The van der Waals surface area contributed by atoms with Crippen molar-refractivity contribution >= 4 is 17.0 Å². The van der Waals surface area contributed by atoms with Gasteiger partial charge in [-0.05, 0) is 43.5 Å². The van der Waals surface area contributed by atoms with Crippen LogP contribution in [0.4, 0.5) is 4.79 Å². The van der Waals surface area contributed by atoms with Crippen molar-refractivity contribution in [2.24, 2.45) is 0 Å². The van der Waals surface area contributed by atoms with Gasteiger partial charge in [-0.3, -0.25) is 4.79 Å². The molecule has 0 radical (unpaired) electrons. The van der Waals surface area contributed by atoms with E-state index < -0.39 is 5.37 Å². The van der Waals surface area contributed by atoms with Gasteiger partial charge in [0.1, 0.15) is 5.75 Å². The van der Waals surface area contributed by atoms with Gasteiger partial charge in [0.05, 0.1) is 6.61 Å². The Bertz CT molecular complexity index is 366. The summed E-state index contributed by atoms with van der Waals surface area (Å²) in [6.45, 7) is 5.17. The third kappa shape index (κ3) is 4.53. The van der Waals surface area contributed by atoms with E-state index in [0.717, 1.165) is 17.7 Å². The molecule has 0 aromatic heterocycles. The molecule has 0 unspecified atom stereocenters. The molecule has 4 heteroatoms. The number of aryl methyl sites for hydroxylation is 2. The minimum atomic E-state index is -0.522. The topological polar surface area (TPSA) is 38.3 Å². The lowest BCUT2D eigenvalue weighted by atomic mass is 10.1. The molecule has 1 aromatic rings. The first-order valence-corrected chi connectivity index (χ1v) is 5.61. The van der Waals surface area contributed by atoms with Crippen LogP contribution in [0, 0.1) is 13.8 Å². The molecule has 3 nitrogen and oxygen atoms in total. The Kier molecular flexibility index (Phi) is 5.12. The highest BCUT2D eigenvalue weighted by atomic mass is 35.5. The number of rotatable bonds is 5. The van der Waals surface area contributed by atoms with Crippen molar-refractivity contribution in [3.05, 3.63) is 29.3 Å². The van der Waals surface area contributed by atoms with E-state index in [1.165, 1.54) is 5.56 Å². The van der Waals surface area contributed by atoms with Gasteiger partial charge in [-0.1, -0.05) is 17.7 Å². The normalized spacial score (nSPS) is 9.94. The maximum absolute atomic E-state index is 10.4. The highest BCUT2D eigenvalue weighted by molar-refractivity contribution is 6.62. The second-order valence-electron chi connectivity index (χ2n) is 3.67. The number of benzene rings is 1. The van der Waals surface area contributed by atoms with E-state index in [0.29, 0.717) is 13.2 Å². The van der Waals surface area contributed by atoms with Crippen molar-refractivity contribution in [1.29, 1.82) is 0 Å². The first-order valence-electron chi connectivity index (χ1n) is 5.23. The Labute approximate surface area is 101 Å². The zero-order valence-corrected chi connectivity index (χ0v) is 10.3. The molecular weight excluding hydrogens is 226 g/mol. The second kappa shape index (κ2) is 6.38. The van der Waals surface area contributed by atoms with Crippen molar-refractivity contribution in [2.75, 3.05) is 13.2 Å². The lowest BCUT2D eigenvalue weighted by Gasteiger charge is -2.09. The van der Waals surface area contributed by atoms with Gasteiger partial charge in [-0.15, -0.1) is 0 Å². The molecule has 0 saturated carbocycles. The van der Waals surface area contributed by atoms with E-state index in [9.17, 15) is 4.79 Å². The molecule has 0 heterocycles. The monoisotopic (exact) mass is 241 g/mol. The van der Waals surface area contributed by atoms with Gasteiger partial charge in [-0.25, -0.2) is 0 Å². The third-order valence-corrected chi connectivity index (χ3v) is 2.31. The number of carbonyl (C=O) groups excluding carboxylic acids is 1. The van der Waals surface area contributed by atoms with E-state index in [1.54, 1.807) is 0 Å². The fourth-order valence-electron chi connectivity index (χ4n) is 1.40. The average Bonchev–Trinajstić information content (AvgIpc) is 2.20. The lowest BCUT2D eigenvalue weighted by Crippen LogP contribution is -2.19. The Balaban J connectivity index is 2.29. The van der Waals surface area contributed by atoms with Crippen molar-refractivity contribution in [3.8, 4) is 5.75 Å². The Morgan fingerprint density at radius 1 is 1.44 bits per heavy atom. The number of amides is 1. The zero-order valence-electron chi connectivity index (χ0n) is 9.55. The van der Waals surface area contributed by atoms with E-state index in [-0.39, 0.29) is 0 Å². The van der Waals surface area contributed by atoms with E-state index >= 15 is 0 Å². The van der Waals surface area contributed by atoms with Crippen molar-refractivity contribution in [2.45, 2.75) is 20.3 Å². The maximum atomic E-state index is 10.4. The molecule has 88 valence electrons. The second-order valence-corrected chi connectivity index (χ2v) is 4.01. The predicted octanol–water partition coefficient (Wildman–Crippen LogP) is 3.02. The van der Waals surface area contributed by atoms with Gasteiger partial charge in [0, 0.05) is 6.54 Å². The van der Waals surface area contributed by atoms with Gasteiger partial charge in [0.15, 0.2) is 0 Å². The Morgan fingerprint density at radius 3 is 2.81 bits per heavy atom. The fourth-order valence-corrected chi connectivity index (χ4v) is 1.50. The molecule has 1 aromatic carbocycles. The first-order chi connectivity index (χ1) is 7.59. The average molecular weight is 242 g/mol. The molecule has 0 atom stereocenters. The fraction of sp³-hybridized carbons (Fsp3) is 0.417. The number of hydrogen-bond acceptors (Lipinski definition) is 2. The smallest absolute Gasteiger partial charge is 0.313 e. The first kappa shape index (κ1) is 12.8. The number of hydrogen-bond donors (Lipinski definition) is 1. The highest BCUT2D eigenvalue weighted by Crippen LogP contribution is 2.18. The summed E-state index contributed by atoms with van der Waals surface area (Å²) in [4.78, 5) is 10.4. The van der Waals surface area contributed by atoms with Gasteiger partial charge < -0.3 is 10.1 Å². The minimum absolute atomic E-state index is 0.522. The summed E-state index contributed by atoms with van der Waals surface area (Å²) >= 11 is 5.13. The SMILES string of the molecule is Cc1ccc(OCCCNC(=O)Cl)c(C)c1. The van der Waals surface area contributed by atoms with Crippen LogP contribution in [-0.4, -0.2) is 18.5 Å². The van der Waals surface area contributed by atoms with Crippen molar-refractivity contribution < 1.29 is 9.53 Å². The van der Waals surface area contributed by atoms with Crippen LogP contribution in [-0.2, 0) is 0 Å². The molecular formula is C12H16ClNO2. The van der Waals surface area contributed by atoms with Crippen molar-refractivity contribution in [3.63, 3.8) is 0 Å². The number of ether oxygens (including phenoxy) is 1. The number of nitrogens with one attached hydrogen (secondary N) is 1. The number of halogens is 1. The summed E-state index contributed by atoms with van der Waals surface area (Å²) in [5.74, 6) is 0.891. The van der Waals surface area contributed by atoms with E-state index in [2.05, 4.69) is 11.4 Å². The van der Waals surface area contributed by atoms with Crippen LogP contribution in [0.3, 0.4) is 0 Å². The minimum Gasteiger partial charge on any atom is -0.493 e. The van der Waals surface area contributed by atoms with Crippen LogP contribution in [0.15, 0.2) is 18.2 Å². The summed E-state index contributed by atoms with van der Waals surface area (Å²) in [6.07, 6.45) is 0.742. The molecule has 0 aliphatic heterocycles. The van der Waals surface area contributed by atoms with Crippen molar-refractivity contribution in [1.82, 2.24) is 5.32 Å². The van der Waals surface area contributed by atoms with Crippen LogP contribution >= 0.6 is 11.6 Å². The van der Waals surface area contributed by atoms with Gasteiger partial charge in [-0.2, -0.15) is 0 Å². The Hall–Kier alpha value is -1.22. The van der Waals surface area contributed by atoms with E-state index in [1.807, 2.05) is 26.0 Å². The summed E-state index contributed by atoms with van der Waals surface area (Å²) in [5.41, 5.74) is 2.35. The van der Waals surface area contributed by atoms with Crippen LogP contribution in [0.5, 0.6) is 5.75 Å².